The van der Waals surface area contributed by atoms with Gasteiger partial charge in [-0.2, -0.15) is 0 Å². The number of nitrogens with one attached hydrogen (secondary N) is 2. The summed E-state index contributed by atoms with van der Waals surface area (Å²) < 4.78 is 0. The summed E-state index contributed by atoms with van der Waals surface area (Å²) in [6, 6.07) is 4.06. The maximum atomic E-state index is 10.0. The van der Waals surface area contributed by atoms with E-state index in [-0.39, 0.29) is 12.1 Å². The van der Waals surface area contributed by atoms with Crippen LogP contribution in [-0.4, -0.2) is 32.2 Å². The summed E-state index contributed by atoms with van der Waals surface area (Å²) in [6.07, 6.45) is 10.1. The van der Waals surface area contributed by atoms with Crippen LogP contribution in [0.4, 0.5) is 0 Å². The molecular weight excluding hydrogens is 300 g/mol. The predicted octanol–water partition coefficient (Wildman–Crippen LogP) is 3.14. The fourth-order valence-corrected chi connectivity index (χ4v) is 3.24. The van der Waals surface area contributed by atoms with Crippen molar-refractivity contribution in [3.8, 4) is 0 Å². The molecule has 4 rings (SSSR count). The van der Waals surface area contributed by atoms with Crippen molar-refractivity contribution < 1.29 is 5.11 Å². The number of aromatic amines is 1. The van der Waals surface area contributed by atoms with Crippen LogP contribution in [0.15, 0.2) is 48.6 Å². The van der Waals surface area contributed by atoms with Crippen LogP contribution in [0.25, 0.3) is 27.4 Å². The predicted molar refractivity (Wildman–Crippen MR) is 96.4 cm³/mol. The molecule has 1 aliphatic rings. The summed E-state index contributed by atoms with van der Waals surface area (Å²) in [5, 5.41) is 16.6. The molecule has 2 atom stereocenters. The van der Waals surface area contributed by atoms with Crippen LogP contribution in [0.3, 0.4) is 0 Å². The Labute approximate surface area is 140 Å². The van der Waals surface area contributed by atoms with E-state index in [1.54, 1.807) is 6.20 Å². The zero-order valence-corrected chi connectivity index (χ0v) is 13.7. The lowest BCUT2D eigenvalue weighted by atomic mass is 9.95. The first-order valence-electron chi connectivity index (χ1n) is 8.22. The number of aliphatic hydroxyl groups is 1. The number of allylic oxidation sites excluding steroid dienone is 2. The molecule has 0 radical (unpaired) electrons. The van der Waals surface area contributed by atoms with E-state index >= 15 is 0 Å². The Hall–Kier alpha value is -2.66. The van der Waals surface area contributed by atoms with Gasteiger partial charge in [-0.15, -0.1) is 0 Å². The lowest BCUT2D eigenvalue weighted by Gasteiger charge is -2.25. The highest BCUT2D eigenvalue weighted by Crippen LogP contribution is 2.29. The SMILES string of the molecule is CCC(O)C1C=C(C)C(c2cc3cnc4nccc4c3c[nH]2)=CN1. The highest BCUT2D eigenvalue weighted by Gasteiger charge is 2.19. The lowest BCUT2D eigenvalue weighted by Crippen LogP contribution is -2.37. The van der Waals surface area contributed by atoms with Gasteiger partial charge in [0.25, 0.3) is 0 Å². The lowest BCUT2D eigenvalue weighted by molar-refractivity contribution is 0.146. The van der Waals surface area contributed by atoms with E-state index in [0.717, 1.165) is 45.1 Å². The van der Waals surface area contributed by atoms with Crippen LogP contribution in [0.5, 0.6) is 0 Å². The Kier molecular flexibility index (Phi) is 3.58. The number of pyridine rings is 2. The molecule has 0 aromatic carbocycles. The first-order chi connectivity index (χ1) is 11.7. The minimum atomic E-state index is -0.374. The molecule has 4 heterocycles. The number of rotatable bonds is 3. The number of hydrogen-bond donors (Lipinski definition) is 3. The molecule has 3 aromatic rings. The van der Waals surface area contributed by atoms with Crippen LogP contribution in [0.2, 0.25) is 0 Å². The van der Waals surface area contributed by atoms with Gasteiger partial charge in [0.15, 0.2) is 5.65 Å². The summed E-state index contributed by atoms with van der Waals surface area (Å²) >= 11 is 0. The molecule has 0 saturated heterocycles. The molecule has 0 aliphatic carbocycles. The molecule has 3 aromatic heterocycles. The molecule has 5 nitrogen and oxygen atoms in total. The molecule has 0 spiro atoms. The van der Waals surface area contributed by atoms with Gasteiger partial charge in [-0.3, -0.25) is 0 Å². The third kappa shape index (κ3) is 2.37. The van der Waals surface area contributed by atoms with Crippen LogP contribution >= 0.6 is 0 Å². The van der Waals surface area contributed by atoms with E-state index in [1.165, 1.54) is 0 Å². The van der Waals surface area contributed by atoms with Crippen LogP contribution in [0, 0.1) is 0 Å². The molecule has 0 amide bonds. The van der Waals surface area contributed by atoms with E-state index in [1.807, 2.05) is 31.6 Å². The second-order valence-corrected chi connectivity index (χ2v) is 6.23. The van der Waals surface area contributed by atoms with Crippen LogP contribution in [-0.2, 0) is 0 Å². The molecular formula is C19H20N4O. The molecule has 24 heavy (non-hydrogen) atoms. The van der Waals surface area contributed by atoms with Crippen molar-refractivity contribution in [1.82, 2.24) is 20.3 Å². The molecule has 1 aliphatic heterocycles. The minimum Gasteiger partial charge on any atom is -0.391 e. The first-order valence-corrected chi connectivity index (χ1v) is 8.22. The van der Waals surface area contributed by atoms with Crippen molar-refractivity contribution >= 4 is 27.4 Å². The summed E-state index contributed by atoms with van der Waals surface area (Å²) in [5.41, 5.74) is 4.03. The van der Waals surface area contributed by atoms with Gasteiger partial charge in [-0.25, -0.2) is 9.97 Å². The number of nitrogens with zero attached hydrogens (tertiary/aromatic N) is 2. The van der Waals surface area contributed by atoms with Crippen LogP contribution < -0.4 is 5.32 Å². The zero-order valence-electron chi connectivity index (χ0n) is 13.7. The molecule has 3 N–H and O–H groups in total. The molecule has 0 saturated carbocycles. The van der Waals surface area contributed by atoms with Gasteiger partial charge in [0.1, 0.15) is 0 Å². The number of aromatic nitrogens is 3. The Morgan fingerprint density at radius 1 is 1.29 bits per heavy atom. The molecule has 0 bridgehead atoms. The highest BCUT2D eigenvalue weighted by atomic mass is 16.3. The standard InChI is InChI=1S/C19H20N4O/c1-3-18(24)17-6-11(2)14(9-22-17)16-7-12-8-23-19-13(4-5-20-19)15(12)10-21-16/h4-10,17-18,21-22,24H,3H2,1-2H3. The third-order valence-corrected chi connectivity index (χ3v) is 4.68. The van der Waals surface area contributed by atoms with Crippen molar-refractivity contribution in [1.29, 1.82) is 0 Å². The van der Waals surface area contributed by atoms with Gasteiger partial charge >= 0.3 is 0 Å². The van der Waals surface area contributed by atoms with Gasteiger partial charge < -0.3 is 15.4 Å². The second kappa shape index (κ2) is 5.76. The zero-order chi connectivity index (χ0) is 16.7. The maximum Gasteiger partial charge on any atom is 0.159 e. The van der Waals surface area contributed by atoms with Gasteiger partial charge in [0.05, 0.1) is 12.1 Å². The Balaban J connectivity index is 1.73. The quantitative estimate of drug-likeness (QED) is 0.693. The topological polar surface area (TPSA) is 73.8 Å². The second-order valence-electron chi connectivity index (χ2n) is 6.23. The summed E-state index contributed by atoms with van der Waals surface area (Å²) in [5.74, 6) is 0. The van der Waals surface area contributed by atoms with E-state index in [9.17, 15) is 5.11 Å². The van der Waals surface area contributed by atoms with Crippen molar-refractivity contribution in [3.05, 3.63) is 54.3 Å². The van der Waals surface area contributed by atoms with E-state index in [2.05, 4.69) is 39.3 Å². The maximum absolute atomic E-state index is 10.0. The van der Waals surface area contributed by atoms with Crippen molar-refractivity contribution in [2.24, 2.45) is 0 Å². The average Bonchev–Trinajstić information content (AvgIpc) is 3.09. The smallest absolute Gasteiger partial charge is 0.159 e. The Morgan fingerprint density at radius 3 is 2.96 bits per heavy atom. The number of H-pyrrole nitrogens is 1. The fraction of sp³-hybridized carbons (Fsp3) is 0.263. The van der Waals surface area contributed by atoms with E-state index in [4.69, 9.17) is 0 Å². The van der Waals surface area contributed by atoms with Gasteiger partial charge in [0.2, 0.25) is 0 Å². The van der Waals surface area contributed by atoms with Crippen LogP contribution in [0.1, 0.15) is 26.0 Å². The number of dihydropyridines is 1. The fourth-order valence-electron chi connectivity index (χ4n) is 3.24. The monoisotopic (exact) mass is 320 g/mol. The Morgan fingerprint density at radius 2 is 2.17 bits per heavy atom. The van der Waals surface area contributed by atoms with E-state index < -0.39 is 0 Å². The summed E-state index contributed by atoms with van der Waals surface area (Å²) in [4.78, 5) is 12.0. The number of fused-ring (bicyclic) bond motifs is 3. The molecule has 122 valence electrons. The molecule has 0 fully saturated rings. The number of hydrogen-bond acceptors (Lipinski definition) is 4. The minimum absolute atomic E-state index is 0.0316. The van der Waals surface area contributed by atoms with E-state index in [0.29, 0.717) is 0 Å². The van der Waals surface area contributed by atoms with Gasteiger partial charge in [0, 0.05) is 52.2 Å². The Bertz CT molecular complexity index is 970. The summed E-state index contributed by atoms with van der Waals surface area (Å²) in [7, 11) is 0. The largest absolute Gasteiger partial charge is 0.391 e. The molecule has 5 heteroatoms. The van der Waals surface area contributed by atoms with Crippen molar-refractivity contribution in [3.63, 3.8) is 0 Å². The highest BCUT2D eigenvalue weighted by molar-refractivity contribution is 6.04. The van der Waals surface area contributed by atoms with Gasteiger partial charge in [-0.1, -0.05) is 13.0 Å². The van der Waals surface area contributed by atoms with Crippen molar-refractivity contribution in [2.45, 2.75) is 32.4 Å². The normalized spacial score (nSPS) is 19.0. The van der Waals surface area contributed by atoms with Crippen molar-refractivity contribution in [2.75, 3.05) is 0 Å². The third-order valence-electron chi connectivity index (χ3n) is 4.68. The first kappa shape index (κ1) is 14.9. The average molecular weight is 320 g/mol. The van der Waals surface area contributed by atoms with Gasteiger partial charge in [-0.05, 0) is 31.1 Å². The number of aliphatic hydroxyl groups excluding tert-OH is 1. The summed E-state index contributed by atoms with van der Waals surface area (Å²) in [6.45, 7) is 4.06. The molecule has 2 unspecified atom stereocenters.